The van der Waals surface area contributed by atoms with Gasteiger partial charge in [-0.15, -0.1) is 24.8 Å². The van der Waals surface area contributed by atoms with Crippen LogP contribution in [0.1, 0.15) is 16.7 Å². The molecule has 0 aliphatic carbocycles. The van der Waals surface area contributed by atoms with Crippen LogP contribution >= 0.6 is 36.4 Å². The summed E-state index contributed by atoms with van der Waals surface area (Å²) in [5, 5.41) is 4.10. The minimum Gasteiger partial charge on any atom is -0.493 e. The van der Waals surface area contributed by atoms with Crippen molar-refractivity contribution in [3.63, 3.8) is 0 Å². The van der Waals surface area contributed by atoms with Gasteiger partial charge in [-0.1, -0.05) is 35.9 Å². The van der Waals surface area contributed by atoms with Crippen LogP contribution in [0.25, 0.3) is 0 Å². The molecule has 0 saturated heterocycles. The lowest BCUT2D eigenvalue weighted by Gasteiger charge is -2.13. The zero-order valence-corrected chi connectivity index (χ0v) is 17.8. The molecule has 7 heteroatoms. The van der Waals surface area contributed by atoms with Crippen molar-refractivity contribution in [2.75, 3.05) is 7.11 Å². The van der Waals surface area contributed by atoms with Gasteiger partial charge < -0.3 is 14.8 Å². The average Bonchev–Trinajstić information content (AvgIpc) is 2.67. The van der Waals surface area contributed by atoms with Crippen molar-refractivity contribution in [1.82, 2.24) is 10.3 Å². The molecule has 0 fully saturated rings. The Balaban J connectivity index is 0.00000196. The van der Waals surface area contributed by atoms with Gasteiger partial charge in [0, 0.05) is 30.5 Å². The lowest BCUT2D eigenvalue weighted by molar-refractivity contribution is 0.284. The third kappa shape index (κ3) is 7.21. The van der Waals surface area contributed by atoms with E-state index in [2.05, 4.69) is 10.3 Å². The highest BCUT2D eigenvalue weighted by Gasteiger charge is 2.07. The van der Waals surface area contributed by atoms with E-state index >= 15 is 0 Å². The molecule has 0 spiro atoms. The second-order valence-electron chi connectivity index (χ2n) is 5.87. The number of halogens is 3. The molecule has 28 heavy (non-hydrogen) atoms. The number of rotatable bonds is 8. The summed E-state index contributed by atoms with van der Waals surface area (Å²) >= 11 is 6.01. The summed E-state index contributed by atoms with van der Waals surface area (Å²) < 4.78 is 11.4. The van der Waals surface area contributed by atoms with Gasteiger partial charge in [-0.05, 0) is 47.0 Å². The van der Waals surface area contributed by atoms with E-state index in [1.807, 2.05) is 60.8 Å². The van der Waals surface area contributed by atoms with E-state index in [9.17, 15) is 0 Å². The molecule has 0 aliphatic heterocycles. The lowest BCUT2D eigenvalue weighted by Crippen LogP contribution is -2.12. The van der Waals surface area contributed by atoms with Gasteiger partial charge in [-0.3, -0.25) is 4.98 Å². The summed E-state index contributed by atoms with van der Waals surface area (Å²) in [5.41, 5.74) is 3.29. The summed E-state index contributed by atoms with van der Waals surface area (Å²) in [5.74, 6) is 1.43. The van der Waals surface area contributed by atoms with E-state index in [-0.39, 0.29) is 24.8 Å². The monoisotopic (exact) mass is 440 g/mol. The first kappa shape index (κ1) is 24.1. The number of pyridine rings is 1. The fourth-order valence-electron chi connectivity index (χ4n) is 2.58. The predicted octanol–water partition coefficient (Wildman–Crippen LogP) is 5.46. The molecule has 2 aromatic carbocycles. The van der Waals surface area contributed by atoms with Crippen LogP contribution in [-0.2, 0) is 19.7 Å². The van der Waals surface area contributed by atoms with Crippen LogP contribution in [0.5, 0.6) is 11.5 Å². The second-order valence-corrected chi connectivity index (χ2v) is 6.31. The molecule has 0 amide bonds. The van der Waals surface area contributed by atoms with Crippen LogP contribution in [-0.4, -0.2) is 12.1 Å². The van der Waals surface area contributed by atoms with Crippen LogP contribution < -0.4 is 14.8 Å². The third-order valence-electron chi connectivity index (χ3n) is 3.89. The number of nitrogens with zero attached hydrogens (tertiary/aromatic N) is 1. The van der Waals surface area contributed by atoms with E-state index in [1.54, 1.807) is 13.3 Å². The van der Waals surface area contributed by atoms with Gasteiger partial charge in [0.05, 0.1) is 7.11 Å². The highest BCUT2D eigenvalue weighted by Crippen LogP contribution is 2.29. The molecule has 3 rings (SSSR count). The van der Waals surface area contributed by atoms with Crippen molar-refractivity contribution in [3.8, 4) is 11.5 Å². The first-order chi connectivity index (χ1) is 12.7. The smallest absolute Gasteiger partial charge is 0.161 e. The quantitative estimate of drug-likeness (QED) is 0.504. The van der Waals surface area contributed by atoms with Crippen molar-refractivity contribution in [1.29, 1.82) is 0 Å². The molecule has 4 nitrogen and oxygen atoms in total. The first-order valence-corrected chi connectivity index (χ1v) is 8.76. The fourth-order valence-corrected chi connectivity index (χ4v) is 2.80. The predicted molar refractivity (Wildman–Crippen MR) is 118 cm³/mol. The van der Waals surface area contributed by atoms with Gasteiger partial charge >= 0.3 is 0 Å². The van der Waals surface area contributed by atoms with Gasteiger partial charge in [-0.2, -0.15) is 0 Å². The molecule has 1 aromatic heterocycles. The molecule has 150 valence electrons. The standard InChI is InChI=1S/C21H21ClN2O2.2ClH/c1-25-21-11-16(12-24-14-18-5-3-9-23-13-18)7-8-20(21)26-15-17-4-2-6-19(22)10-17;;/h2-11,13,24H,12,14-15H2,1H3;2*1H. The van der Waals surface area contributed by atoms with Crippen molar-refractivity contribution in [2.45, 2.75) is 19.7 Å². The number of nitrogens with one attached hydrogen (secondary N) is 1. The molecular weight excluding hydrogens is 419 g/mol. The number of hydrogen-bond donors (Lipinski definition) is 1. The summed E-state index contributed by atoms with van der Waals surface area (Å²) in [6.45, 7) is 1.94. The summed E-state index contributed by atoms with van der Waals surface area (Å²) in [7, 11) is 1.65. The van der Waals surface area contributed by atoms with Gasteiger partial charge in [0.15, 0.2) is 11.5 Å². The summed E-state index contributed by atoms with van der Waals surface area (Å²) in [6, 6.07) is 17.6. The number of ether oxygens (including phenoxy) is 2. The van der Waals surface area contributed by atoms with E-state index in [0.717, 1.165) is 29.8 Å². The van der Waals surface area contributed by atoms with Crippen LogP contribution in [0.3, 0.4) is 0 Å². The minimum atomic E-state index is 0. The average molecular weight is 442 g/mol. The molecule has 1 heterocycles. The number of methoxy groups -OCH3 is 1. The van der Waals surface area contributed by atoms with Crippen molar-refractivity contribution in [2.24, 2.45) is 0 Å². The van der Waals surface area contributed by atoms with Crippen molar-refractivity contribution < 1.29 is 9.47 Å². The Bertz CT molecular complexity index is 848. The highest BCUT2D eigenvalue weighted by atomic mass is 35.5. The Morgan fingerprint density at radius 2 is 1.68 bits per heavy atom. The van der Waals surface area contributed by atoms with Crippen molar-refractivity contribution in [3.05, 3.63) is 88.7 Å². The zero-order chi connectivity index (χ0) is 18.2. The molecule has 0 atom stereocenters. The van der Waals surface area contributed by atoms with Crippen LogP contribution in [0, 0.1) is 0 Å². The highest BCUT2D eigenvalue weighted by molar-refractivity contribution is 6.30. The summed E-state index contributed by atoms with van der Waals surface area (Å²) in [4.78, 5) is 4.12. The van der Waals surface area contributed by atoms with E-state index in [4.69, 9.17) is 21.1 Å². The van der Waals surface area contributed by atoms with Crippen LogP contribution in [0.15, 0.2) is 67.0 Å². The Morgan fingerprint density at radius 1 is 0.893 bits per heavy atom. The Hall–Kier alpha value is -1.98. The second kappa shape index (κ2) is 12.5. The Morgan fingerprint density at radius 3 is 2.39 bits per heavy atom. The maximum Gasteiger partial charge on any atom is 0.161 e. The topological polar surface area (TPSA) is 43.4 Å². The first-order valence-electron chi connectivity index (χ1n) is 8.38. The van der Waals surface area contributed by atoms with Crippen LogP contribution in [0.4, 0.5) is 0 Å². The third-order valence-corrected chi connectivity index (χ3v) is 4.13. The molecular formula is C21H23Cl3N2O2. The van der Waals surface area contributed by atoms with Gasteiger partial charge in [0.2, 0.25) is 0 Å². The van der Waals surface area contributed by atoms with Crippen molar-refractivity contribution >= 4 is 36.4 Å². The molecule has 0 bridgehead atoms. The maximum atomic E-state index is 6.01. The lowest BCUT2D eigenvalue weighted by atomic mass is 10.2. The molecule has 0 unspecified atom stereocenters. The van der Waals surface area contributed by atoms with Gasteiger partial charge in [0.25, 0.3) is 0 Å². The normalized spacial score (nSPS) is 9.79. The molecule has 3 aromatic rings. The number of hydrogen-bond acceptors (Lipinski definition) is 4. The molecule has 0 radical (unpaired) electrons. The Kier molecular flexibility index (Phi) is 10.7. The van der Waals surface area contributed by atoms with Crippen LogP contribution in [0.2, 0.25) is 5.02 Å². The molecule has 0 aliphatic rings. The van der Waals surface area contributed by atoms with E-state index in [0.29, 0.717) is 23.1 Å². The Labute approximate surface area is 183 Å². The fraction of sp³-hybridized carbons (Fsp3) is 0.190. The summed E-state index contributed by atoms with van der Waals surface area (Å²) in [6.07, 6.45) is 3.64. The maximum absolute atomic E-state index is 6.01. The SMILES string of the molecule is COc1cc(CNCc2cccnc2)ccc1OCc1cccc(Cl)c1.Cl.Cl. The molecule has 0 saturated carbocycles. The van der Waals surface area contributed by atoms with Gasteiger partial charge in [-0.25, -0.2) is 0 Å². The largest absolute Gasteiger partial charge is 0.493 e. The number of benzene rings is 2. The van der Waals surface area contributed by atoms with E-state index in [1.165, 1.54) is 0 Å². The zero-order valence-electron chi connectivity index (χ0n) is 15.4. The van der Waals surface area contributed by atoms with Gasteiger partial charge in [0.1, 0.15) is 6.61 Å². The number of aromatic nitrogens is 1. The van der Waals surface area contributed by atoms with E-state index < -0.39 is 0 Å². The molecule has 1 N–H and O–H groups in total. The minimum absolute atomic E-state index is 0.